The van der Waals surface area contributed by atoms with Crippen LogP contribution in [-0.2, 0) is 24.3 Å². The number of fused-ring (bicyclic) bond motifs is 1. The highest BCUT2D eigenvalue weighted by Gasteiger charge is 2.24. The van der Waals surface area contributed by atoms with Crippen LogP contribution in [0.5, 0.6) is 11.6 Å². The minimum atomic E-state index is -0.403. The molecule has 1 saturated heterocycles. The second kappa shape index (κ2) is 14.6. The highest BCUT2D eigenvalue weighted by Crippen LogP contribution is 2.43. The smallest absolute Gasteiger partial charge is 0.220 e. The van der Waals surface area contributed by atoms with Gasteiger partial charge in [0.15, 0.2) is 0 Å². The largest absolute Gasteiger partial charge is 0.496 e. The van der Waals surface area contributed by atoms with Crippen molar-refractivity contribution in [1.29, 1.82) is 0 Å². The summed E-state index contributed by atoms with van der Waals surface area (Å²) in [5.41, 5.74) is 7.64. The Balaban J connectivity index is 1.28. The summed E-state index contributed by atoms with van der Waals surface area (Å²) in [5.74, 6) is 1.41. The number of aromatic nitrogens is 2. The molecule has 4 heterocycles. The molecule has 47 heavy (non-hydrogen) atoms. The summed E-state index contributed by atoms with van der Waals surface area (Å²) in [6.07, 6.45) is 3.59. The van der Waals surface area contributed by atoms with E-state index in [1.165, 1.54) is 5.56 Å². The molecular weight excluding hydrogens is 637 g/mol. The van der Waals surface area contributed by atoms with Crippen LogP contribution in [0.3, 0.4) is 0 Å². The van der Waals surface area contributed by atoms with Gasteiger partial charge in [-0.1, -0.05) is 47.5 Å². The van der Waals surface area contributed by atoms with Crippen LogP contribution < -0.4 is 20.1 Å². The van der Waals surface area contributed by atoms with E-state index in [-0.39, 0.29) is 11.9 Å². The number of nitrogens with one attached hydrogen (secondary N) is 2. The normalized spacial score (nSPS) is 16.9. The van der Waals surface area contributed by atoms with E-state index in [4.69, 9.17) is 37.7 Å². The number of halogens is 2. The number of nitrogens with zero attached hydrogens (tertiary/aromatic N) is 3. The number of hydrogen-bond acceptors (Lipinski definition) is 8. The van der Waals surface area contributed by atoms with Crippen molar-refractivity contribution in [3.05, 3.63) is 81.5 Å². The number of ether oxygens (including phenoxy) is 2. The number of carbonyl (C=O) groups excluding carboxylic acids is 1. The number of benzene rings is 2. The molecule has 11 heteroatoms. The topological polar surface area (TPSA) is 109 Å². The van der Waals surface area contributed by atoms with Gasteiger partial charge in [-0.25, -0.2) is 4.98 Å². The molecule has 0 radical (unpaired) electrons. The number of aliphatic hydroxyl groups excluding tert-OH is 1. The van der Waals surface area contributed by atoms with Crippen molar-refractivity contribution in [1.82, 2.24) is 25.5 Å². The SMILES string of the molecule is COc1cc(-c2nccc(-c3cccc(-c4ccc(CNC[C@H]5CCC(=O)N5)c(OC)n4)c3Cl)c2Cl)cc2c1CCN(CC(C)O)C2. The molecule has 0 spiro atoms. The lowest BCUT2D eigenvalue weighted by atomic mass is 9.93. The molecule has 0 aliphatic carbocycles. The van der Waals surface area contributed by atoms with Gasteiger partial charge in [-0.05, 0) is 55.2 Å². The standard InChI is InChI=1S/C36H39Cl2N5O4/c1-21(44)19-43-14-12-26-24(20-43)15-23(16-31(26)46-2)35-34(38)28(11-13-40-35)27-5-4-6-29(33(27)37)30-9-7-22(36(42-30)47-3)17-39-18-25-8-10-32(45)41-25/h4-7,9,11,13,15-16,21,25,39,44H,8,10,12,14,17-20H2,1-3H3,(H,41,45)/t21?,25-/m1/s1. The van der Waals surface area contributed by atoms with Crippen LogP contribution in [0.2, 0.25) is 10.0 Å². The van der Waals surface area contributed by atoms with E-state index in [1.807, 2.05) is 49.4 Å². The van der Waals surface area contributed by atoms with Crippen molar-refractivity contribution >= 4 is 29.1 Å². The van der Waals surface area contributed by atoms with Gasteiger partial charge < -0.3 is 25.2 Å². The predicted octanol–water partition coefficient (Wildman–Crippen LogP) is 5.91. The number of methoxy groups -OCH3 is 2. The van der Waals surface area contributed by atoms with Gasteiger partial charge in [0.25, 0.3) is 0 Å². The molecule has 1 amide bonds. The lowest BCUT2D eigenvalue weighted by molar-refractivity contribution is -0.119. The molecule has 246 valence electrons. The van der Waals surface area contributed by atoms with Gasteiger partial charge in [0.2, 0.25) is 11.8 Å². The molecule has 0 bridgehead atoms. The van der Waals surface area contributed by atoms with Crippen molar-refractivity contribution in [3.8, 4) is 45.3 Å². The zero-order valence-electron chi connectivity index (χ0n) is 26.8. The third kappa shape index (κ3) is 7.24. The number of hydrogen-bond donors (Lipinski definition) is 3. The van der Waals surface area contributed by atoms with Crippen LogP contribution in [0, 0.1) is 0 Å². The van der Waals surface area contributed by atoms with Crippen molar-refractivity contribution in [2.75, 3.05) is 33.9 Å². The summed E-state index contributed by atoms with van der Waals surface area (Å²) in [7, 11) is 3.28. The Kier molecular flexibility index (Phi) is 10.3. The number of pyridine rings is 2. The average molecular weight is 677 g/mol. The van der Waals surface area contributed by atoms with Gasteiger partial charge in [-0.2, -0.15) is 0 Å². The maximum absolute atomic E-state index is 11.5. The fourth-order valence-corrected chi connectivity index (χ4v) is 7.15. The molecule has 2 aromatic carbocycles. The van der Waals surface area contributed by atoms with Crippen LogP contribution >= 0.6 is 23.2 Å². The summed E-state index contributed by atoms with van der Waals surface area (Å²) < 4.78 is 11.5. The summed E-state index contributed by atoms with van der Waals surface area (Å²) in [6, 6.07) is 15.8. The van der Waals surface area contributed by atoms with Gasteiger partial charge in [0.05, 0.1) is 41.8 Å². The quantitative estimate of drug-likeness (QED) is 0.180. The molecule has 0 saturated carbocycles. The second-order valence-corrected chi connectivity index (χ2v) is 12.9. The van der Waals surface area contributed by atoms with Crippen LogP contribution in [-0.4, -0.2) is 71.9 Å². The predicted molar refractivity (Wildman–Crippen MR) is 185 cm³/mol. The molecule has 3 N–H and O–H groups in total. The van der Waals surface area contributed by atoms with Gasteiger partial charge in [0, 0.05) is 79.2 Å². The Labute approximate surface area is 285 Å². The minimum absolute atomic E-state index is 0.101. The Morgan fingerprint density at radius 3 is 2.62 bits per heavy atom. The van der Waals surface area contributed by atoms with Crippen molar-refractivity contribution < 1.29 is 19.4 Å². The molecule has 2 aliphatic rings. The van der Waals surface area contributed by atoms with E-state index >= 15 is 0 Å². The van der Waals surface area contributed by atoms with E-state index in [0.29, 0.717) is 59.9 Å². The van der Waals surface area contributed by atoms with Crippen molar-refractivity contribution in [3.63, 3.8) is 0 Å². The molecule has 4 aromatic rings. The zero-order chi connectivity index (χ0) is 33.1. The molecule has 2 aliphatic heterocycles. The van der Waals surface area contributed by atoms with Crippen LogP contribution in [0.25, 0.3) is 33.6 Å². The second-order valence-electron chi connectivity index (χ2n) is 12.1. The summed E-state index contributed by atoms with van der Waals surface area (Å²) in [4.78, 5) is 23.2. The van der Waals surface area contributed by atoms with Crippen LogP contribution in [0.15, 0.2) is 54.7 Å². The van der Waals surface area contributed by atoms with Crippen molar-refractivity contribution in [2.24, 2.45) is 0 Å². The Bertz CT molecular complexity index is 1780. The number of rotatable bonds is 11. The Hall–Kier alpha value is -3.73. The molecule has 2 aromatic heterocycles. The summed E-state index contributed by atoms with van der Waals surface area (Å²) in [6.45, 7) is 5.22. The first-order valence-electron chi connectivity index (χ1n) is 15.8. The fraction of sp³-hybridized carbons (Fsp3) is 0.361. The molecule has 1 fully saturated rings. The van der Waals surface area contributed by atoms with Gasteiger partial charge in [-0.3, -0.25) is 14.7 Å². The molecular formula is C36H39Cl2N5O4. The van der Waals surface area contributed by atoms with Gasteiger partial charge in [-0.15, -0.1) is 0 Å². The summed E-state index contributed by atoms with van der Waals surface area (Å²) in [5, 5.41) is 17.3. The maximum atomic E-state index is 11.5. The highest BCUT2D eigenvalue weighted by atomic mass is 35.5. The lowest BCUT2D eigenvalue weighted by Gasteiger charge is -2.31. The third-order valence-electron chi connectivity index (χ3n) is 8.77. The molecule has 1 unspecified atom stereocenters. The first-order chi connectivity index (χ1) is 22.7. The van der Waals surface area contributed by atoms with E-state index < -0.39 is 6.10 Å². The fourth-order valence-electron chi connectivity index (χ4n) is 6.50. The van der Waals surface area contributed by atoms with Crippen LogP contribution in [0.1, 0.15) is 36.5 Å². The summed E-state index contributed by atoms with van der Waals surface area (Å²) >= 11 is 14.2. The van der Waals surface area contributed by atoms with Crippen LogP contribution in [0.4, 0.5) is 0 Å². The first-order valence-corrected chi connectivity index (χ1v) is 16.6. The van der Waals surface area contributed by atoms with E-state index in [0.717, 1.165) is 58.5 Å². The Morgan fingerprint density at radius 1 is 1.06 bits per heavy atom. The zero-order valence-corrected chi connectivity index (χ0v) is 28.3. The van der Waals surface area contributed by atoms with Crippen molar-refractivity contribution in [2.45, 2.75) is 51.4 Å². The molecule has 6 rings (SSSR count). The molecule has 2 atom stereocenters. The maximum Gasteiger partial charge on any atom is 0.220 e. The first kappa shape index (κ1) is 33.2. The number of aliphatic hydroxyl groups is 1. The van der Waals surface area contributed by atoms with E-state index in [2.05, 4.69) is 26.6 Å². The van der Waals surface area contributed by atoms with Gasteiger partial charge in [0.1, 0.15) is 5.75 Å². The van der Waals surface area contributed by atoms with Gasteiger partial charge >= 0.3 is 0 Å². The van der Waals surface area contributed by atoms with E-state index in [1.54, 1.807) is 20.4 Å². The number of carbonyl (C=O) groups is 1. The molecule has 9 nitrogen and oxygen atoms in total. The van der Waals surface area contributed by atoms with E-state index in [9.17, 15) is 9.90 Å². The Morgan fingerprint density at radius 2 is 1.87 bits per heavy atom. The third-order valence-corrected chi connectivity index (χ3v) is 9.56. The number of β-amino-alcohol motifs (C(OH)–C–C–N with tert-alkyl or cyclic N) is 1. The average Bonchev–Trinajstić information content (AvgIpc) is 3.49. The highest BCUT2D eigenvalue weighted by molar-refractivity contribution is 6.39. The lowest BCUT2D eigenvalue weighted by Crippen LogP contribution is -2.35. The minimum Gasteiger partial charge on any atom is -0.496 e. The number of amides is 1. The monoisotopic (exact) mass is 675 g/mol.